The summed E-state index contributed by atoms with van der Waals surface area (Å²) in [4.78, 5) is 0. The van der Waals surface area contributed by atoms with Crippen LogP contribution in [0.1, 0.15) is 24.0 Å². The Balaban J connectivity index is 2.13. The van der Waals surface area contributed by atoms with Crippen LogP contribution in [0.2, 0.25) is 0 Å². The van der Waals surface area contributed by atoms with Crippen LogP contribution in [-0.4, -0.2) is 0 Å². The second-order valence-electron chi connectivity index (χ2n) is 4.58. The summed E-state index contributed by atoms with van der Waals surface area (Å²) in [7, 11) is -2.66. The highest BCUT2D eigenvalue weighted by molar-refractivity contribution is 7.41. The molecule has 21 heavy (non-hydrogen) atoms. The first kappa shape index (κ1) is 15.8. The maximum atomic E-state index is 12.0. The van der Waals surface area contributed by atoms with Crippen molar-refractivity contribution < 1.29 is 23.0 Å². The minimum absolute atomic E-state index is 0.236. The van der Waals surface area contributed by atoms with E-state index in [4.69, 9.17) is 4.52 Å². The molecule has 0 aliphatic heterocycles. The van der Waals surface area contributed by atoms with Crippen molar-refractivity contribution in [2.45, 2.75) is 19.3 Å². The highest BCUT2D eigenvalue weighted by Gasteiger charge is 2.19. The Labute approximate surface area is 123 Å². The SMILES string of the molecule is CC(Cc1ccccc1OP(OF)OF)c1ccccc1. The molecule has 1 atom stereocenters. The molecule has 0 spiro atoms. The highest BCUT2D eigenvalue weighted by atomic mass is 31.2. The molecule has 0 amide bonds. The normalized spacial score (nSPS) is 12.4. The van der Waals surface area contributed by atoms with Crippen LogP contribution in [0, 0.1) is 0 Å². The fraction of sp³-hybridized carbons (Fsp3) is 0.200. The molecule has 0 bridgehead atoms. The number of hydrogen-bond donors (Lipinski definition) is 0. The molecule has 2 aromatic rings. The molecule has 0 saturated heterocycles. The van der Waals surface area contributed by atoms with Gasteiger partial charge in [0, 0.05) is 0 Å². The van der Waals surface area contributed by atoms with Crippen LogP contribution in [0.25, 0.3) is 0 Å². The van der Waals surface area contributed by atoms with E-state index in [1.165, 1.54) is 5.56 Å². The van der Waals surface area contributed by atoms with Crippen LogP contribution in [0.15, 0.2) is 54.6 Å². The van der Waals surface area contributed by atoms with Crippen molar-refractivity contribution in [3.8, 4) is 5.75 Å². The molecule has 0 heterocycles. The third-order valence-corrected chi connectivity index (χ3v) is 3.72. The quantitative estimate of drug-likeness (QED) is 0.637. The smallest absolute Gasteiger partial charge is 0.423 e. The molecule has 0 N–H and O–H groups in total. The minimum Gasteiger partial charge on any atom is -0.423 e. The van der Waals surface area contributed by atoms with Gasteiger partial charge >= 0.3 is 8.60 Å². The van der Waals surface area contributed by atoms with Gasteiger partial charge in [-0.25, -0.2) is 0 Å². The second kappa shape index (κ2) is 8.03. The second-order valence-corrected chi connectivity index (χ2v) is 5.48. The van der Waals surface area contributed by atoms with E-state index in [9.17, 15) is 9.05 Å². The van der Waals surface area contributed by atoms with Crippen molar-refractivity contribution in [3.63, 3.8) is 0 Å². The molecule has 0 saturated carbocycles. The molecule has 112 valence electrons. The van der Waals surface area contributed by atoms with Gasteiger partial charge in [0.05, 0.1) is 0 Å². The third kappa shape index (κ3) is 4.46. The summed E-state index contributed by atoms with van der Waals surface area (Å²) in [6.07, 6.45) is 0.669. The van der Waals surface area contributed by atoms with Crippen molar-refractivity contribution in [3.05, 3.63) is 65.7 Å². The third-order valence-electron chi connectivity index (χ3n) is 3.15. The zero-order valence-electron chi connectivity index (χ0n) is 11.4. The number of hydrogen-bond acceptors (Lipinski definition) is 3. The number of rotatable bonds is 7. The Kier molecular flexibility index (Phi) is 6.05. The number of para-hydroxylation sites is 1. The summed E-state index contributed by atoms with van der Waals surface area (Å²) in [6, 6.07) is 17.0. The monoisotopic (exact) mass is 312 g/mol. The molecule has 0 radical (unpaired) electrons. The summed E-state index contributed by atoms with van der Waals surface area (Å²) in [5.41, 5.74) is 2.01. The van der Waals surface area contributed by atoms with E-state index in [-0.39, 0.29) is 5.92 Å². The average molecular weight is 312 g/mol. The van der Waals surface area contributed by atoms with Crippen LogP contribution in [-0.2, 0) is 15.9 Å². The molecule has 0 aromatic heterocycles. The van der Waals surface area contributed by atoms with Gasteiger partial charge in [-0.15, -0.1) is 0 Å². The van der Waals surface area contributed by atoms with Gasteiger partial charge in [-0.05, 0) is 38.6 Å². The summed E-state index contributed by atoms with van der Waals surface area (Å²) in [5.74, 6) is 0.585. The van der Waals surface area contributed by atoms with Crippen molar-refractivity contribution >= 4 is 8.60 Å². The van der Waals surface area contributed by atoms with Crippen molar-refractivity contribution in [2.24, 2.45) is 0 Å². The fourth-order valence-electron chi connectivity index (χ4n) is 2.11. The van der Waals surface area contributed by atoms with Crippen LogP contribution in [0.5, 0.6) is 5.75 Å². The molecule has 1 unspecified atom stereocenters. The van der Waals surface area contributed by atoms with Gasteiger partial charge in [-0.3, -0.25) is 0 Å². The lowest BCUT2D eigenvalue weighted by molar-refractivity contribution is -0.0859. The predicted molar refractivity (Wildman–Crippen MR) is 76.9 cm³/mol. The Morgan fingerprint density at radius 1 is 0.952 bits per heavy atom. The molecule has 0 fully saturated rings. The fourth-order valence-corrected chi connectivity index (χ4v) is 2.53. The molecule has 6 heteroatoms. The Hall–Kier alpha value is -1.55. The predicted octanol–water partition coefficient (Wildman–Crippen LogP) is 5.44. The summed E-state index contributed by atoms with van der Waals surface area (Å²) in [5, 5.41) is 0. The first-order chi connectivity index (χ1) is 10.2. The van der Waals surface area contributed by atoms with E-state index in [0.717, 1.165) is 5.56 Å². The Bertz CT molecular complexity index is 550. The van der Waals surface area contributed by atoms with Gasteiger partial charge in [0.25, 0.3) is 0 Å². The summed E-state index contributed by atoms with van der Waals surface area (Å²) < 4.78 is 35.7. The zero-order chi connectivity index (χ0) is 15.1. The molecular weight excluding hydrogens is 297 g/mol. The molecular formula is C15H15F2O3P. The van der Waals surface area contributed by atoms with Crippen molar-refractivity contribution in [2.75, 3.05) is 0 Å². The highest BCUT2D eigenvalue weighted by Crippen LogP contribution is 2.42. The van der Waals surface area contributed by atoms with Gasteiger partial charge in [-0.2, -0.15) is 0 Å². The molecule has 2 aromatic carbocycles. The maximum Gasteiger partial charge on any atom is 0.465 e. The van der Waals surface area contributed by atoms with E-state index in [1.807, 2.05) is 42.5 Å². The Morgan fingerprint density at radius 2 is 1.57 bits per heavy atom. The van der Waals surface area contributed by atoms with E-state index >= 15 is 0 Å². The largest absolute Gasteiger partial charge is 0.465 e. The minimum atomic E-state index is -2.66. The summed E-state index contributed by atoms with van der Waals surface area (Å²) in [6.45, 7) is 2.08. The molecule has 3 nitrogen and oxygen atoms in total. The molecule has 0 aliphatic carbocycles. The van der Waals surface area contributed by atoms with Gasteiger partial charge in [0.15, 0.2) is 0 Å². The lowest BCUT2D eigenvalue weighted by Gasteiger charge is -2.16. The Morgan fingerprint density at radius 3 is 2.24 bits per heavy atom. The van der Waals surface area contributed by atoms with Crippen LogP contribution >= 0.6 is 8.60 Å². The molecule has 0 aliphatic rings. The zero-order valence-corrected chi connectivity index (χ0v) is 12.3. The van der Waals surface area contributed by atoms with E-state index in [2.05, 4.69) is 16.4 Å². The van der Waals surface area contributed by atoms with E-state index < -0.39 is 8.60 Å². The van der Waals surface area contributed by atoms with Crippen LogP contribution in [0.3, 0.4) is 0 Å². The van der Waals surface area contributed by atoms with Crippen molar-refractivity contribution in [1.29, 1.82) is 0 Å². The van der Waals surface area contributed by atoms with Crippen LogP contribution < -0.4 is 4.52 Å². The first-order valence-corrected chi connectivity index (χ1v) is 7.52. The van der Waals surface area contributed by atoms with Gasteiger partial charge in [-0.1, -0.05) is 64.9 Å². The topological polar surface area (TPSA) is 27.7 Å². The standard InChI is InChI=1S/C15H15F2O3P/c1-12(13-7-3-2-4-8-13)11-14-9-5-6-10-15(14)18-21(19-16)20-17/h2-10,12H,11H2,1H3. The molecule has 2 rings (SSSR count). The number of benzene rings is 2. The maximum absolute atomic E-state index is 12.0. The number of halogens is 2. The van der Waals surface area contributed by atoms with Crippen molar-refractivity contribution in [1.82, 2.24) is 0 Å². The average Bonchev–Trinajstić information content (AvgIpc) is 2.54. The lowest BCUT2D eigenvalue weighted by Crippen LogP contribution is -2.00. The van der Waals surface area contributed by atoms with E-state index in [0.29, 0.717) is 12.2 Å². The lowest BCUT2D eigenvalue weighted by atomic mass is 9.93. The van der Waals surface area contributed by atoms with Crippen LogP contribution in [0.4, 0.5) is 9.05 Å². The first-order valence-electron chi connectivity index (χ1n) is 6.43. The van der Waals surface area contributed by atoms with Gasteiger partial charge in [0.2, 0.25) is 0 Å². The van der Waals surface area contributed by atoms with Gasteiger partial charge < -0.3 is 4.52 Å². The van der Waals surface area contributed by atoms with E-state index in [1.54, 1.807) is 12.1 Å². The summed E-state index contributed by atoms with van der Waals surface area (Å²) >= 11 is 0. The van der Waals surface area contributed by atoms with Gasteiger partial charge in [0.1, 0.15) is 5.75 Å².